The van der Waals surface area contributed by atoms with E-state index in [0.29, 0.717) is 18.6 Å². The van der Waals surface area contributed by atoms with Crippen LogP contribution >= 0.6 is 0 Å². The van der Waals surface area contributed by atoms with Gasteiger partial charge in [0, 0.05) is 23.7 Å². The third kappa shape index (κ3) is 3.43. The van der Waals surface area contributed by atoms with Gasteiger partial charge in [0.05, 0.1) is 12.2 Å². The van der Waals surface area contributed by atoms with E-state index in [1.807, 2.05) is 17.0 Å². The summed E-state index contributed by atoms with van der Waals surface area (Å²) >= 11 is 0. The van der Waals surface area contributed by atoms with Crippen molar-refractivity contribution in [3.63, 3.8) is 0 Å². The number of fused-ring (bicyclic) bond motifs is 5. The molecule has 2 bridgehead atoms. The highest BCUT2D eigenvalue weighted by Gasteiger charge is 2.39. The number of carbonyl (C=O) groups is 1. The third-order valence-electron chi connectivity index (χ3n) is 7.30. The van der Waals surface area contributed by atoms with Gasteiger partial charge in [0.15, 0.2) is 0 Å². The zero-order chi connectivity index (χ0) is 22.4. The van der Waals surface area contributed by atoms with Crippen LogP contribution in [-0.2, 0) is 4.74 Å². The van der Waals surface area contributed by atoms with E-state index in [-0.39, 0.29) is 29.9 Å². The summed E-state index contributed by atoms with van der Waals surface area (Å²) in [6.45, 7) is 0.318. The summed E-state index contributed by atoms with van der Waals surface area (Å²) in [4.78, 5) is 19.0. The summed E-state index contributed by atoms with van der Waals surface area (Å²) < 4.78 is 20.3. The van der Waals surface area contributed by atoms with E-state index >= 15 is 0 Å². The molecule has 1 amide bonds. The molecule has 3 heterocycles. The highest BCUT2D eigenvalue weighted by Crippen LogP contribution is 2.45. The number of nitrogens with zero attached hydrogens (tertiary/aromatic N) is 2. The summed E-state index contributed by atoms with van der Waals surface area (Å²) in [6, 6.07) is 18.4. The van der Waals surface area contributed by atoms with Crippen molar-refractivity contribution in [2.24, 2.45) is 0 Å². The number of amides is 1. The van der Waals surface area contributed by atoms with Gasteiger partial charge in [-0.3, -0.25) is 9.88 Å². The van der Waals surface area contributed by atoms with E-state index in [4.69, 9.17) is 4.74 Å². The van der Waals surface area contributed by atoms with Gasteiger partial charge in [-0.2, -0.15) is 0 Å². The second-order valence-electron chi connectivity index (χ2n) is 9.11. The number of hydrogen-bond acceptors (Lipinski definition) is 3. The van der Waals surface area contributed by atoms with Crippen molar-refractivity contribution in [3.05, 3.63) is 95.6 Å². The molecule has 6 rings (SSSR count). The minimum atomic E-state index is -0.309. The minimum absolute atomic E-state index is 0.0342. The Labute approximate surface area is 192 Å². The fraction of sp³-hybridized carbons (Fsp3) is 0.286. The van der Waals surface area contributed by atoms with Crippen LogP contribution in [0.4, 0.5) is 9.18 Å². The number of ether oxygens (including phenoxy) is 1. The van der Waals surface area contributed by atoms with E-state index in [9.17, 15) is 9.18 Å². The minimum Gasteiger partial charge on any atom is -0.448 e. The Morgan fingerprint density at radius 2 is 1.73 bits per heavy atom. The van der Waals surface area contributed by atoms with Crippen molar-refractivity contribution < 1.29 is 13.9 Å². The van der Waals surface area contributed by atoms with Crippen molar-refractivity contribution in [2.75, 3.05) is 6.61 Å². The topological polar surface area (TPSA) is 42.4 Å². The fourth-order valence-corrected chi connectivity index (χ4v) is 5.82. The van der Waals surface area contributed by atoms with E-state index in [1.165, 1.54) is 28.5 Å². The predicted octanol–water partition coefficient (Wildman–Crippen LogP) is 6.18. The molecule has 3 aliphatic rings. The summed E-state index contributed by atoms with van der Waals surface area (Å²) in [5, 5.41) is 0. The first-order valence-corrected chi connectivity index (χ1v) is 11.6. The summed E-state index contributed by atoms with van der Waals surface area (Å²) in [7, 11) is 0. The van der Waals surface area contributed by atoms with Crippen LogP contribution in [0.5, 0.6) is 0 Å². The quantitative estimate of drug-likeness (QED) is 0.488. The molecular formula is C28H25FN2O2. The van der Waals surface area contributed by atoms with Crippen molar-refractivity contribution in [2.45, 2.75) is 43.7 Å². The zero-order valence-electron chi connectivity index (χ0n) is 18.3. The van der Waals surface area contributed by atoms with Gasteiger partial charge >= 0.3 is 6.09 Å². The first kappa shape index (κ1) is 20.2. The molecule has 1 aromatic heterocycles. The molecule has 2 aliphatic heterocycles. The molecule has 1 fully saturated rings. The van der Waals surface area contributed by atoms with Crippen LogP contribution in [0, 0.1) is 5.82 Å². The molecule has 0 saturated carbocycles. The first-order chi connectivity index (χ1) is 16.2. The van der Waals surface area contributed by atoms with Crippen LogP contribution < -0.4 is 0 Å². The molecule has 0 radical (unpaired) electrons. The van der Waals surface area contributed by atoms with Crippen molar-refractivity contribution in [3.8, 4) is 11.1 Å². The van der Waals surface area contributed by atoms with Crippen LogP contribution in [0.15, 0.2) is 73.1 Å². The van der Waals surface area contributed by atoms with Gasteiger partial charge < -0.3 is 4.74 Å². The molecule has 0 N–H and O–H groups in total. The number of halogens is 1. The number of pyridine rings is 1. The van der Waals surface area contributed by atoms with E-state index in [0.717, 1.165) is 24.8 Å². The van der Waals surface area contributed by atoms with Gasteiger partial charge in [0.2, 0.25) is 0 Å². The normalized spacial score (nSPS) is 21.2. The van der Waals surface area contributed by atoms with Gasteiger partial charge in [-0.15, -0.1) is 0 Å². The number of hydrogen-bond donors (Lipinski definition) is 0. The molecule has 2 atom stereocenters. The smallest absolute Gasteiger partial charge is 0.410 e. The second kappa shape index (κ2) is 8.14. The first-order valence-electron chi connectivity index (χ1n) is 11.6. The summed E-state index contributed by atoms with van der Waals surface area (Å²) in [6.07, 6.45) is 8.14. The fourth-order valence-electron chi connectivity index (χ4n) is 5.82. The Morgan fingerprint density at radius 1 is 1.00 bits per heavy atom. The highest BCUT2D eigenvalue weighted by molar-refractivity contribution is 5.79. The lowest BCUT2D eigenvalue weighted by molar-refractivity contribution is 0.0538. The summed E-state index contributed by atoms with van der Waals surface area (Å²) in [5.41, 5.74) is 6.41. The number of benzene rings is 2. The van der Waals surface area contributed by atoms with Crippen LogP contribution in [0.25, 0.3) is 16.7 Å². The lowest BCUT2D eigenvalue weighted by atomic mass is 9.83. The summed E-state index contributed by atoms with van der Waals surface area (Å²) in [5.74, 6) is -0.264. The van der Waals surface area contributed by atoms with E-state index in [1.54, 1.807) is 12.3 Å². The zero-order valence-corrected chi connectivity index (χ0v) is 18.3. The van der Waals surface area contributed by atoms with Crippen LogP contribution in [0.1, 0.15) is 48.3 Å². The average Bonchev–Trinajstić information content (AvgIpc) is 3.16. The molecule has 4 nitrogen and oxygen atoms in total. The molecule has 2 unspecified atom stereocenters. The Morgan fingerprint density at radius 3 is 2.42 bits per heavy atom. The number of aromatic nitrogens is 1. The van der Waals surface area contributed by atoms with E-state index in [2.05, 4.69) is 47.5 Å². The maximum absolute atomic E-state index is 14.3. The second-order valence-corrected chi connectivity index (χ2v) is 9.11. The van der Waals surface area contributed by atoms with Gasteiger partial charge in [0.25, 0.3) is 0 Å². The third-order valence-corrected chi connectivity index (χ3v) is 7.30. The molecule has 33 heavy (non-hydrogen) atoms. The molecule has 1 aliphatic carbocycles. The van der Waals surface area contributed by atoms with Gasteiger partial charge in [-0.1, -0.05) is 54.6 Å². The van der Waals surface area contributed by atoms with E-state index < -0.39 is 0 Å². The van der Waals surface area contributed by atoms with Gasteiger partial charge in [-0.25, -0.2) is 9.18 Å². The lowest BCUT2D eigenvalue weighted by Crippen LogP contribution is -2.52. The molecule has 3 aromatic rings. The largest absolute Gasteiger partial charge is 0.448 e. The molecular weight excluding hydrogens is 415 g/mol. The Kier molecular flexibility index (Phi) is 4.97. The lowest BCUT2D eigenvalue weighted by Gasteiger charge is -2.44. The monoisotopic (exact) mass is 440 g/mol. The molecule has 5 heteroatoms. The maximum atomic E-state index is 14.3. The SMILES string of the molecule is O=C(OCC1c2ccccc2-c2ccccc21)N1C2C=C(c3ccncc3F)CC1CCC2. The van der Waals surface area contributed by atoms with Crippen molar-refractivity contribution in [1.29, 1.82) is 0 Å². The standard InChI is InChI=1S/C28H25FN2O2/c29-27-16-30-13-12-21(27)18-14-19-6-5-7-20(15-18)31(19)28(32)33-17-26-24-10-3-1-8-22(24)23-9-2-4-11-25(23)26/h1-4,8-14,16,19-20,26H,5-7,15,17H2. The Bertz CT molecular complexity index is 1210. The van der Waals surface area contributed by atoms with Crippen molar-refractivity contribution in [1.82, 2.24) is 9.88 Å². The number of carbonyl (C=O) groups excluding carboxylic acids is 1. The number of rotatable bonds is 3. The molecule has 1 saturated heterocycles. The van der Waals surface area contributed by atoms with Gasteiger partial charge in [0.1, 0.15) is 12.4 Å². The molecule has 166 valence electrons. The van der Waals surface area contributed by atoms with Crippen LogP contribution in [0.3, 0.4) is 0 Å². The van der Waals surface area contributed by atoms with Crippen molar-refractivity contribution >= 4 is 11.7 Å². The molecule has 2 aromatic carbocycles. The highest BCUT2D eigenvalue weighted by atomic mass is 19.1. The average molecular weight is 441 g/mol. The molecule has 0 spiro atoms. The van der Waals surface area contributed by atoms with Gasteiger partial charge in [-0.05, 0) is 59.6 Å². The van der Waals surface area contributed by atoms with Crippen LogP contribution in [-0.4, -0.2) is 34.7 Å². The van der Waals surface area contributed by atoms with Crippen LogP contribution in [0.2, 0.25) is 0 Å². The maximum Gasteiger partial charge on any atom is 0.410 e. The number of piperidine rings is 1. The Hall–Kier alpha value is -3.47. The predicted molar refractivity (Wildman–Crippen MR) is 125 cm³/mol. The Balaban J connectivity index is 1.23.